The number of para-hydroxylation sites is 1. The number of esters is 1. The van der Waals surface area contributed by atoms with Crippen molar-refractivity contribution in [1.82, 2.24) is 10.2 Å². The molecular weight excluding hydrogens is 290 g/mol. The van der Waals surface area contributed by atoms with Gasteiger partial charge in [0.1, 0.15) is 0 Å². The Hall–Kier alpha value is -2.82. The van der Waals surface area contributed by atoms with Crippen LogP contribution in [0.4, 0.5) is 5.69 Å². The zero-order valence-electron chi connectivity index (χ0n) is 13.0. The number of nitrogens with zero attached hydrogens (tertiary/aromatic N) is 1. The van der Waals surface area contributed by atoms with Crippen molar-refractivity contribution in [2.45, 2.75) is 12.8 Å². The average molecular weight is 309 g/mol. The molecule has 0 aliphatic carbocycles. The van der Waals surface area contributed by atoms with Gasteiger partial charge in [-0.15, -0.1) is 0 Å². The molecule has 0 saturated carbocycles. The summed E-state index contributed by atoms with van der Waals surface area (Å²) in [6.45, 7) is 0.736. The highest BCUT2D eigenvalue weighted by molar-refractivity contribution is 5.92. The molecule has 0 radical (unpaired) electrons. The number of aromatic nitrogens is 2. The molecule has 3 aromatic rings. The summed E-state index contributed by atoms with van der Waals surface area (Å²) in [6, 6.07) is 16.2. The number of anilines is 1. The van der Waals surface area contributed by atoms with E-state index in [1.54, 1.807) is 0 Å². The Kier molecular flexibility index (Phi) is 4.57. The number of methoxy groups -OCH3 is 1. The molecule has 0 amide bonds. The highest BCUT2D eigenvalue weighted by atomic mass is 16.5. The van der Waals surface area contributed by atoms with Crippen LogP contribution in [0.15, 0.2) is 48.5 Å². The third-order valence-corrected chi connectivity index (χ3v) is 3.74. The van der Waals surface area contributed by atoms with E-state index in [1.807, 2.05) is 42.5 Å². The van der Waals surface area contributed by atoms with Gasteiger partial charge in [0, 0.05) is 29.6 Å². The molecule has 1 aromatic heterocycles. The summed E-state index contributed by atoms with van der Waals surface area (Å²) in [5, 5.41) is 11.9. The minimum atomic E-state index is -0.174. The molecule has 5 nitrogen and oxygen atoms in total. The van der Waals surface area contributed by atoms with E-state index in [9.17, 15) is 4.79 Å². The van der Waals surface area contributed by atoms with Gasteiger partial charge >= 0.3 is 5.97 Å². The minimum absolute atomic E-state index is 0.174. The number of hydrogen-bond donors (Lipinski definition) is 2. The van der Waals surface area contributed by atoms with Gasteiger partial charge in [-0.3, -0.25) is 9.89 Å². The first-order valence-electron chi connectivity index (χ1n) is 7.62. The molecule has 0 saturated heterocycles. The number of hydrogen-bond acceptors (Lipinski definition) is 4. The first-order valence-corrected chi connectivity index (χ1v) is 7.62. The molecule has 2 N–H and O–H groups in total. The van der Waals surface area contributed by atoms with Gasteiger partial charge in [0.05, 0.1) is 18.3 Å². The van der Waals surface area contributed by atoms with Crippen molar-refractivity contribution in [2.24, 2.45) is 0 Å². The molecule has 3 rings (SSSR count). The monoisotopic (exact) mass is 309 g/mol. The van der Waals surface area contributed by atoms with E-state index in [0.29, 0.717) is 6.42 Å². The molecule has 0 fully saturated rings. The maximum atomic E-state index is 11.0. The Morgan fingerprint density at radius 3 is 2.74 bits per heavy atom. The first kappa shape index (κ1) is 15.1. The smallest absolute Gasteiger partial charge is 0.305 e. The molecule has 0 atom stereocenters. The van der Waals surface area contributed by atoms with Crippen LogP contribution in [0.1, 0.15) is 12.8 Å². The Morgan fingerprint density at radius 2 is 1.96 bits per heavy atom. The fourth-order valence-electron chi connectivity index (χ4n) is 2.50. The van der Waals surface area contributed by atoms with E-state index < -0.39 is 0 Å². The summed E-state index contributed by atoms with van der Waals surface area (Å²) >= 11 is 0. The van der Waals surface area contributed by atoms with Crippen molar-refractivity contribution in [3.8, 4) is 11.3 Å². The van der Waals surface area contributed by atoms with Crippen molar-refractivity contribution in [3.05, 3.63) is 48.5 Å². The van der Waals surface area contributed by atoms with Gasteiger partial charge in [-0.25, -0.2) is 0 Å². The lowest BCUT2D eigenvalue weighted by atomic mass is 10.1. The molecule has 0 aliphatic rings. The van der Waals surface area contributed by atoms with Crippen LogP contribution < -0.4 is 5.32 Å². The molecule has 1 heterocycles. The summed E-state index contributed by atoms with van der Waals surface area (Å²) in [6.07, 6.45) is 1.18. The number of ether oxygens (including phenoxy) is 1. The van der Waals surface area contributed by atoms with Gasteiger partial charge in [-0.1, -0.05) is 30.3 Å². The topological polar surface area (TPSA) is 67.0 Å². The van der Waals surface area contributed by atoms with Crippen LogP contribution in [0.5, 0.6) is 0 Å². The Bertz CT molecular complexity index is 793. The van der Waals surface area contributed by atoms with Crippen molar-refractivity contribution in [3.63, 3.8) is 0 Å². The van der Waals surface area contributed by atoms with Gasteiger partial charge < -0.3 is 10.1 Å². The van der Waals surface area contributed by atoms with Crippen molar-refractivity contribution in [2.75, 3.05) is 19.0 Å². The second kappa shape index (κ2) is 6.96. The highest BCUT2D eigenvalue weighted by Crippen LogP contribution is 2.26. The number of H-pyrrole nitrogens is 1. The standard InChI is InChI=1S/C18H19N3O2/c1-23-17(22)7-4-12-19-14-10-8-13(9-11-14)18-15-5-2-3-6-16(15)20-21-18/h2-3,5-6,8-11,19H,4,7,12H2,1H3,(H,20,21). The fraction of sp³-hybridized carbons (Fsp3) is 0.222. The summed E-state index contributed by atoms with van der Waals surface area (Å²) in [4.78, 5) is 11.0. The molecule has 118 valence electrons. The van der Waals surface area contributed by atoms with E-state index in [1.165, 1.54) is 7.11 Å². The van der Waals surface area contributed by atoms with Gasteiger partial charge in [0.2, 0.25) is 0 Å². The average Bonchev–Trinajstić information content (AvgIpc) is 3.03. The maximum Gasteiger partial charge on any atom is 0.305 e. The van der Waals surface area contributed by atoms with E-state index in [4.69, 9.17) is 0 Å². The predicted molar refractivity (Wildman–Crippen MR) is 91.3 cm³/mol. The van der Waals surface area contributed by atoms with E-state index in [0.717, 1.165) is 40.8 Å². The second-order valence-corrected chi connectivity index (χ2v) is 5.30. The lowest BCUT2D eigenvalue weighted by Crippen LogP contribution is -2.06. The molecular formula is C18H19N3O2. The van der Waals surface area contributed by atoms with Gasteiger partial charge in [0.15, 0.2) is 0 Å². The number of benzene rings is 2. The zero-order valence-corrected chi connectivity index (χ0v) is 13.0. The molecule has 23 heavy (non-hydrogen) atoms. The third-order valence-electron chi connectivity index (χ3n) is 3.74. The van der Waals surface area contributed by atoms with E-state index in [-0.39, 0.29) is 5.97 Å². The fourth-order valence-corrected chi connectivity index (χ4v) is 2.50. The van der Waals surface area contributed by atoms with Gasteiger partial charge in [-0.05, 0) is 24.6 Å². The van der Waals surface area contributed by atoms with Crippen LogP contribution in [-0.4, -0.2) is 29.8 Å². The SMILES string of the molecule is COC(=O)CCCNc1ccc(-c2n[nH]c3ccccc23)cc1. The van der Waals surface area contributed by atoms with Gasteiger partial charge in [-0.2, -0.15) is 5.10 Å². The molecule has 0 spiro atoms. The summed E-state index contributed by atoms with van der Waals surface area (Å²) in [5.41, 5.74) is 4.09. The Morgan fingerprint density at radius 1 is 1.17 bits per heavy atom. The Balaban J connectivity index is 1.64. The lowest BCUT2D eigenvalue weighted by molar-refractivity contribution is -0.140. The zero-order chi connectivity index (χ0) is 16.1. The summed E-state index contributed by atoms with van der Waals surface area (Å²) < 4.78 is 4.62. The maximum absolute atomic E-state index is 11.0. The van der Waals surface area contributed by atoms with E-state index >= 15 is 0 Å². The number of carbonyl (C=O) groups is 1. The van der Waals surface area contributed by atoms with Crippen LogP contribution in [0.3, 0.4) is 0 Å². The van der Waals surface area contributed by atoms with Crippen LogP contribution in [0.2, 0.25) is 0 Å². The van der Waals surface area contributed by atoms with Gasteiger partial charge in [0.25, 0.3) is 0 Å². The molecule has 2 aromatic carbocycles. The highest BCUT2D eigenvalue weighted by Gasteiger charge is 2.07. The van der Waals surface area contributed by atoms with Crippen LogP contribution >= 0.6 is 0 Å². The van der Waals surface area contributed by atoms with Crippen LogP contribution in [0.25, 0.3) is 22.2 Å². The number of aromatic amines is 1. The molecule has 0 unspecified atom stereocenters. The largest absolute Gasteiger partial charge is 0.469 e. The second-order valence-electron chi connectivity index (χ2n) is 5.30. The normalized spacial score (nSPS) is 10.7. The quantitative estimate of drug-likeness (QED) is 0.539. The number of fused-ring (bicyclic) bond motifs is 1. The number of nitrogens with one attached hydrogen (secondary N) is 2. The molecule has 0 bridgehead atoms. The van der Waals surface area contributed by atoms with Crippen molar-refractivity contribution in [1.29, 1.82) is 0 Å². The lowest BCUT2D eigenvalue weighted by Gasteiger charge is -2.06. The van der Waals surface area contributed by atoms with Crippen LogP contribution in [-0.2, 0) is 9.53 Å². The predicted octanol–water partition coefficient (Wildman–Crippen LogP) is 3.60. The summed E-state index contributed by atoms with van der Waals surface area (Å²) in [5.74, 6) is -0.174. The Labute approximate surface area is 134 Å². The van der Waals surface area contributed by atoms with Crippen molar-refractivity contribution >= 4 is 22.6 Å². The molecule has 5 heteroatoms. The van der Waals surface area contributed by atoms with E-state index in [2.05, 4.69) is 26.3 Å². The number of rotatable bonds is 6. The summed E-state index contributed by atoms with van der Waals surface area (Å²) in [7, 11) is 1.41. The third kappa shape index (κ3) is 3.51. The minimum Gasteiger partial charge on any atom is -0.469 e. The van der Waals surface area contributed by atoms with Crippen molar-refractivity contribution < 1.29 is 9.53 Å². The molecule has 0 aliphatic heterocycles. The number of carbonyl (C=O) groups excluding carboxylic acids is 1. The van der Waals surface area contributed by atoms with Crippen LogP contribution in [0, 0.1) is 0 Å². The first-order chi connectivity index (χ1) is 11.3.